The molecule has 0 radical (unpaired) electrons. The number of anilines is 1. The number of carbonyl (C=O) groups is 1. The van der Waals surface area contributed by atoms with Gasteiger partial charge in [0.2, 0.25) is 5.91 Å². The molecule has 0 saturated heterocycles. The van der Waals surface area contributed by atoms with Gasteiger partial charge in [-0.1, -0.05) is 20.8 Å². The van der Waals surface area contributed by atoms with Crippen molar-refractivity contribution < 1.29 is 4.79 Å². The van der Waals surface area contributed by atoms with Crippen LogP contribution in [-0.2, 0) is 11.2 Å². The fourth-order valence-corrected chi connectivity index (χ4v) is 1.66. The van der Waals surface area contributed by atoms with E-state index in [0.717, 1.165) is 17.8 Å². The molecule has 2 N–H and O–H groups in total. The first-order chi connectivity index (χ1) is 7.13. The van der Waals surface area contributed by atoms with Gasteiger partial charge in [-0.2, -0.15) is 5.10 Å². The number of aromatic nitrogens is 2. The molecule has 0 fully saturated rings. The minimum atomic E-state index is 0.0210. The Morgan fingerprint density at radius 2 is 2.40 bits per heavy atom. The Balaban J connectivity index is 2.44. The monoisotopic (exact) mass is 227 g/mol. The number of rotatable bonds is 5. The lowest BCUT2D eigenvalue weighted by Gasteiger charge is -2.06. The molecule has 0 aliphatic heterocycles. The molecule has 0 atom stereocenters. The van der Waals surface area contributed by atoms with E-state index in [1.807, 2.05) is 6.92 Å². The van der Waals surface area contributed by atoms with E-state index in [1.54, 1.807) is 18.0 Å². The third kappa shape index (κ3) is 3.95. The molecule has 0 aromatic carbocycles. The lowest BCUT2D eigenvalue weighted by Crippen LogP contribution is -2.16. The number of nitrogens with zero attached hydrogens (tertiary/aromatic N) is 1. The van der Waals surface area contributed by atoms with E-state index in [0.29, 0.717) is 11.0 Å². The predicted octanol–water partition coefficient (Wildman–Crippen LogP) is 2.05. The highest BCUT2D eigenvalue weighted by atomic mass is 32.2. The smallest absolute Gasteiger partial charge is 0.235 e. The molecule has 0 bridgehead atoms. The van der Waals surface area contributed by atoms with Gasteiger partial charge in [0, 0.05) is 5.56 Å². The van der Waals surface area contributed by atoms with E-state index in [9.17, 15) is 4.79 Å². The van der Waals surface area contributed by atoms with Gasteiger partial charge < -0.3 is 5.32 Å². The summed E-state index contributed by atoms with van der Waals surface area (Å²) in [5.41, 5.74) is 1.04. The van der Waals surface area contributed by atoms with Crippen LogP contribution >= 0.6 is 11.8 Å². The molecule has 0 unspecified atom stereocenters. The molecular formula is C10H17N3OS. The van der Waals surface area contributed by atoms with E-state index in [1.165, 1.54) is 0 Å². The predicted molar refractivity (Wildman–Crippen MR) is 64.2 cm³/mol. The van der Waals surface area contributed by atoms with Crippen molar-refractivity contribution in [1.29, 1.82) is 0 Å². The van der Waals surface area contributed by atoms with E-state index in [-0.39, 0.29) is 5.91 Å². The fourth-order valence-electron chi connectivity index (χ4n) is 1.11. The van der Waals surface area contributed by atoms with Crippen LogP contribution in [0, 0.1) is 0 Å². The Bertz CT molecular complexity index is 322. The average molecular weight is 227 g/mol. The summed E-state index contributed by atoms with van der Waals surface area (Å²) in [6, 6.07) is 0. The van der Waals surface area contributed by atoms with E-state index < -0.39 is 0 Å². The molecule has 4 nitrogen and oxygen atoms in total. The Labute approximate surface area is 94.2 Å². The van der Waals surface area contributed by atoms with Crippen molar-refractivity contribution in [3.63, 3.8) is 0 Å². The van der Waals surface area contributed by atoms with Gasteiger partial charge in [0.15, 0.2) is 0 Å². The number of hydrogen-bond donors (Lipinski definition) is 2. The molecule has 1 aromatic heterocycles. The SMILES string of the molecule is CCc1cn[nH]c1NC(=O)CSC(C)C. The number of nitrogens with one attached hydrogen (secondary N) is 2. The van der Waals surface area contributed by atoms with Crippen molar-refractivity contribution in [2.45, 2.75) is 32.4 Å². The summed E-state index contributed by atoms with van der Waals surface area (Å²) in [6.07, 6.45) is 2.61. The van der Waals surface area contributed by atoms with Gasteiger partial charge >= 0.3 is 0 Å². The molecule has 0 saturated carbocycles. The highest BCUT2D eigenvalue weighted by molar-refractivity contribution is 8.00. The lowest BCUT2D eigenvalue weighted by atomic mass is 10.2. The van der Waals surface area contributed by atoms with Crippen LogP contribution < -0.4 is 5.32 Å². The summed E-state index contributed by atoms with van der Waals surface area (Å²) in [7, 11) is 0. The quantitative estimate of drug-likeness (QED) is 0.809. The molecule has 0 aliphatic carbocycles. The Kier molecular flexibility index (Phi) is 4.68. The van der Waals surface area contributed by atoms with Gasteiger partial charge in [-0.25, -0.2) is 0 Å². The third-order valence-electron chi connectivity index (χ3n) is 1.91. The second-order valence-electron chi connectivity index (χ2n) is 3.53. The molecule has 15 heavy (non-hydrogen) atoms. The van der Waals surface area contributed by atoms with Crippen LogP contribution in [0.15, 0.2) is 6.20 Å². The largest absolute Gasteiger partial charge is 0.310 e. The second-order valence-corrected chi connectivity index (χ2v) is 5.10. The van der Waals surface area contributed by atoms with Gasteiger partial charge in [0.1, 0.15) is 5.82 Å². The van der Waals surface area contributed by atoms with Crippen molar-refractivity contribution >= 4 is 23.5 Å². The Hall–Kier alpha value is -0.970. The summed E-state index contributed by atoms with van der Waals surface area (Å²) in [4.78, 5) is 11.5. The summed E-state index contributed by atoms with van der Waals surface area (Å²) in [5.74, 6) is 1.24. The number of carbonyl (C=O) groups excluding carboxylic acids is 1. The molecule has 0 spiro atoms. The molecule has 1 rings (SSSR count). The van der Waals surface area contributed by atoms with E-state index >= 15 is 0 Å². The molecule has 1 amide bonds. The zero-order valence-corrected chi connectivity index (χ0v) is 10.1. The number of amides is 1. The van der Waals surface area contributed by atoms with Crippen LogP contribution in [0.25, 0.3) is 0 Å². The first kappa shape index (κ1) is 12.1. The van der Waals surface area contributed by atoms with Gasteiger partial charge in [-0.15, -0.1) is 11.8 Å². The first-order valence-corrected chi connectivity index (χ1v) is 6.12. The minimum Gasteiger partial charge on any atom is -0.310 e. The summed E-state index contributed by atoms with van der Waals surface area (Å²) in [5, 5.41) is 9.97. The topological polar surface area (TPSA) is 57.8 Å². The third-order valence-corrected chi connectivity index (χ3v) is 3.01. The molecule has 1 heterocycles. The van der Waals surface area contributed by atoms with Crippen LogP contribution in [0.4, 0.5) is 5.82 Å². The molecule has 5 heteroatoms. The average Bonchev–Trinajstić information content (AvgIpc) is 2.62. The van der Waals surface area contributed by atoms with Gasteiger partial charge in [0.25, 0.3) is 0 Å². The summed E-state index contributed by atoms with van der Waals surface area (Å²) < 4.78 is 0. The number of aromatic amines is 1. The maximum absolute atomic E-state index is 11.5. The zero-order valence-electron chi connectivity index (χ0n) is 9.33. The minimum absolute atomic E-state index is 0.0210. The van der Waals surface area contributed by atoms with Crippen molar-refractivity contribution in [2.24, 2.45) is 0 Å². The second kappa shape index (κ2) is 5.80. The molecule has 1 aromatic rings. The summed E-state index contributed by atoms with van der Waals surface area (Å²) >= 11 is 1.63. The highest BCUT2D eigenvalue weighted by Crippen LogP contribution is 2.13. The summed E-state index contributed by atoms with van der Waals surface area (Å²) in [6.45, 7) is 6.18. The zero-order chi connectivity index (χ0) is 11.3. The fraction of sp³-hybridized carbons (Fsp3) is 0.600. The van der Waals surface area contributed by atoms with Crippen molar-refractivity contribution in [3.8, 4) is 0 Å². The van der Waals surface area contributed by atoms with Gasteiger partial charge in [0.05, 0.1) is 11.9 Å². The molecular weight excluding hydrogens is 210 g/mol. The van der Waals surface area contributed by atoms with E-state index in [2.05, 4.69) is 29.4 Å². The Morgan fingerprint density at radius 1 is 1.67 bits per heavy atom. The van der Waals surface area contributed by atoms with Crippen LogP contribution in [-0.4, -0.2) is 27.1 Å². The standard InChI is InChI=1S/C10H17N3OS/c1-4-8-5-11-13-10(8)12-9(14)6-15-7(2)3/h5,7H,4,6H2,1-3H3,(H2,11,12,13,14). The van der Waals surface area contributed by atoms with E-state index in [4.69, 9.17) is 0 Å². The molecule has 0 aliphatic rings. The van der Waals surface area contributed by atoms with Crippen LogP contribution in [0.1, 0.15) is 26.3 Å². The highest BCUT2D eigenvalue weighted by Gasteiger charge is 2.08. The number of thioether (sulfide) groups is 1. The number of aryl methyl sites for hydroxylation is 1. The van der Waals surface area contributed by atoms with Crippen LogP contribution in [0.5, 0.6) is 0 Å². The van der Waals surface area contributed by atoms with Gasteiger partial charge in [-0.05, 0) is 11.7 Å². The molecule has 84 valence electrons. The number of H-pyrrole nitrogens is 1. The van der Waals surface area contributed by atoms with Crippen LogP contribution in [0.2, 0.25) is 0 Å². The van der Waals surface area contributed by atoms with Gasteiger partial charge in [-0.3, -0.25) is 9.89 Å². The normalized spacial score (nSPS) is 10.7. The van der Waals surface area contributed by atoms with Crippen LogP contribution in [0.3, 0.4) is 0 Å². The maximum Gasteiger partial charge on any atom is 0.235 e. The van der Waals surface area contributed by atoms with Crippen molar-refractivity contribution in [1.82, 2.24) is 10.2 Å². The lowest BCUT2D eigenvalue weighted by molar-refractivity contribution is -0.113. The van der Waals surface area contributed by atoms with Crippen molar-refractivity contribution in [3.05, 3.63) is 11.8 Å². The Morgan fingerprint density at radius 3 is 3.00 bits per heavy atom. The number of hydrogen-bond acceptors (Lipinski definition) is 3. The first-order valence-electron chi connectivity index (χ1n) is 5.07. The van der Waals surface area contributed by atoms with Crippen molar-refractivity contribution in [2.75, 3.05) is 11.1 Å². The maximum atomic E-state index is 11.5.